The monoisotopic (exact) mass is 684 g/mol. The van der Waals surface area contributed by atoms with Gasteiger partial charge in [0, 0.05) is 48.7 Å². The van der Waals surface area contributed by atoms with Gasteiger partial charge in [0.1, 0.15) is 13.2 Å². The highest BCUT2D eigenvalue weighted by Crippen LogP contribution is 2.31. The number of aromatic nitrogens is 2. The van der Waals surface area contributed by atoms with E-state index in [-0.39, 0.29) is 53.3 Å². The lowest BCUT2D eigenvalue weighted by Gasteiger charge is -2.38. The lowest BCUT2D eigenvalue weighted by atomic mass is 10.0. The van der Waals surface area contributed by atoms with Crippen LogP contribution in [-0.4, -0.2) is 74.8 Å². The van der Waals surface area contributed by atoms with Gasteiger partial charge in [0.15, 0.2) is 0 Å². The first-order valence-corrected chi connectivity index (χ1v) is 16.2. The molecule has 0 spiro atoms. The minimum atomic E-state index is -0.735. The number of nitrogens with zero attached hydrogens (tertiary/aromatic N) is 4. The molecule has 0 radical (unpaired) electrons. The number of alkyl carbamates (subject to hydrolysis) is 1. The third-order valence-corrected chi connectivity index (χ3v) is 9.03. The van der Waals surface area contributed by atoms with Gasteiger partial charge in [-0.2, -0.15) is 0 Å². The Balaban J connectivity index is 1.32. The zero-order chi connectivity index (χ0) is 33.9. The summed E-state index contributed by atoms with van der Waals surface area (Å²) in [7, 11) is 0. The molecule has 1 aromatic heterocycles. The van der Waals surface area contributed by atoms with Crippen LogP contribution in [0.2, 0.25) is 10.0 Å². The summed E-state index contributed by atoms with van der Waals surface area (Å²) in [5, 5.41) is 6.00. The SMILES string of the molecule is CC(C)(C)NC(=O)OCCn1c(=O)c(-c2cccc(Cl)c2Cl)cn(CC(=O)N2CCC(N3CCc4ccccc4NC3=O)CC2)c1=O. The molecule has 12 nitrogen and oxygen atoms in total. The predicted octanol–water partition coefficient (Wildman–Crippen LogP) is 4.59. The van der Waals surface area contributed by atoms with Crippen molar-refractivity contribution in [3.63, 3.8) is 0 Å². The number of carbonyl (C=O) groups is 3. The molecule has 2 aliphatic rings. The number of benzene rings is 2. The standard InChI is InChI=1S/C33H38Cl2N6O6/c1-33(2,3)37-31(45)47-18-17-41-29(43)24(23-8-6-9-25(34)28(23)35)19-39(32(41)46)20-27(42)38-14-12-22(13-15-38)40-16-11-21-7-4-5-10-26(21)36-30(40)44/h4-10,19,22H,11-18,20H2,1-3H3,(H,36,44)(H,37,45). The maximum absolute atomic E-state index is 13.6. The van der Waals surface area contributed by atoms with Crippen molar-refractivity contribution in [3.05, 3.63) is 85.1 Å². The van der Waals surface area contributed by atoms with Crippen LogP contribution in [0.3, 0.4) is 0 Å². The number of anilines is 1. The zero-order valence-electron chi connectivity index (χ0n) is 26.6. The molecule has 250 valence electrons. The normalized spacial score (nSPS) is 15.5. The fourth-order valence-electron chi connectivity index (χ4n) is 5.84. The Bertz CT molecular complexity index is 1790. The van der Waals surface area contributed by atoms with Crippen LogP contribution in [0.4, 0.5) is 15.3 Å². The number of halogens is 2. The maximum atomic E-state index is 13.6. The van der Waals surface area contributed by atoms with E-state index in [4.69, 9.17) is 27.9 Å². The number of amides is 4. The minimum Gasteiger partial charge on any atom is -0.448 e. The van der Waals surface area contributed by atoms with Crippen LogP contribution in [0.25, 0.3) is 11.1 Å². The van der Waals surface area contributed by atoms with Crippen LogP contribution in [0.1, 0.15) is 39.2 Å². The van der Waals surface area contributed by atoms with Gasteiger partial charge in [-0.15, -0.1) is 0 Å². The largest absolute Gasteiger partial charge is 0.448 e. The molecular weight excluding hydrogens is 647 g/mol. The number of ether oxygens (including phenoxy) is 1. The van der Waals surface area contributed by atoms with Gasteiger partial charge in [-0.25, -0.2) is 14.4 Å². The van der Waals surface area contributed by atoms with Gasteiger partial charge >= 0.3 is 17.8 Å². The molecule has 0 unspecified atom stereocenters. The number of likely N-dealkylation sites (tertiary alicyclic amines) is 1. The molecule has 2 N–H and O–H groups in total. The lowest BCUT2D eigenvalue weighted by Crippen LogP contribution is -2.51. The van der Waals surface area contributed by atoms with E-state index in [0.29, 0.717) is 38.0 Å². The first-order valence-electron chi connectivity index (χ1n) is 15.5. The van der Waals surface area contributed by atoms with E-state index in [2.05, 4.69) is 10.6 Å². The van der Waals surface area contributed by atoms with Gasteiger partial charge < -0.3 is 25.2 Å². The first kappa shape index (κ1) is 34.1. The smallest absolute Gasteiger partial charge is 0.407 e. The summed E-state index contributed by atoms with van der Waals surface area (Å²) in [6.45, 7) is 5.91. The summed E-state index contributed by atoms with van der Waals surface area (Å²) >= 11 is 12.7. The third-order valence-electron chi connectivity index (χ3n) is 8.21. The lowest BCUT2D eigenvalue weighted by molar-refractivity contribution is -0.133. The molecule has 1 saturated heterocycles. The molecule has 2 aromatic carbocycles. The molecule has 14 heteroatoms. The average Bonchev–Trinajstić information content (AvgIpc) is 3.19. The molecule has 0 bridgehead atoms. The topological polar surface area (TPSA) is 135 Å². The van der Waals surface area contributed by atoms with E-state index in [9.17, 15) is 24.0 Å². The van der Waals surface area contributed by atoms with Crippen LogP contribution in [0.5, 0.6) is 0 Å². The summed E-state index contributed by atoms with van der Waals surface area (Å²) in [4.78, 5) is 69.4. The Morgan fingerprint density at radius 2 is 1.70 bits per heavy atom. The van der Waals surface area contributed by atoms with Crippen LogP contribution in [-0.2, 0) is 29.0 Å². The second-order valence-corrected chi connectivity index (χ2v) is 13.5. The highest BCUT2D eigenvalue weighted by atomic mass is 35.5. The van der Waals surface area contributed by atoms with Crippen molar-refractivity contribution in [1.82, 2.24) is 24.3 Å². The highest BCUT2D eigenvalue weighted by molar-refractivity contribution is 6.43. The molecule has 0 atom stereocenters. The van der Waals surface area contributed by atoms with Gasteiger partial charge in [-0.1, -0.05) is 53.5 Å². The van der Waals surface area contributed by atoms with Gasteiger partial charge in [0.2, 0.25) is 5.91 Å². The molecule has 4 amide bonds. The van der Waals surface area contributed by atoms with Crippen molar-refractivity contribution < 1.29 is 19.1 Å². The second kappa shape index (κ2) is 14.2. The minimum absolute atomic E-state index is 0.0370. The average molecular weight is 686 g/mol. The van der Waals surface area contributed by atoms with Crippen molar-refractivity contribution in [2.24, 2.45) is 0 Å². The molecule has 3 heterocycles. The molecule has 47 heavy (non-hydrogen) atoms. The van der Waals surface area contributed by atoms with Crippen molar-refractivity contribution >= 4 is 46.9 Å². The van der Waals surface area contributed by atoms with Crippen molar-refractivity contribution in [2.45, 2.75) is 64.7 Å². The van der Waals surface area contributed by atoms with E-state index < -0.39 is 22.9 Å². The van der Waals surface area contributed by atoms with Crippen LogP contribution in [0.15, 0.2) is 58.3 Å². The number of piperidine rings is 1. The Kier molecular flexibility index (Phi) is 10.3. The van der Waals surface area contributed by atoms with E-state index in [1.165, 1.54) is 6.20 Å². The highest BCUT2D eigenvalue weighted by Gasteiger charge is 2.31. The summed E-state index contributed by atoms with van der Waals surface area (Å²) < 4.78 is 7.30. The number of fused-ring (bicyclic) bond motifs is 1. The van der Waals surface area contributed by atoms with Gasteiger partial charge in [-0.3, -0.25) is 18.7 Å². The van der Waals surface area contributed by atoms with Crippen molar-refractivity contribution in [1.29, 1.82) is 0 Å². The van der Waals surface area contributed by atoms with Crippen LogP contribution < -0.4 is 21.9 Å². The van der Waals surface area contributed by atoms with Gasteiger partial charge in [0.05, 0.1) is 22.2 Å². The number of nitrogens with one attached hydrogen (secondary N) is 2. The predicted molar refractivity (Wildman–Crippen MR) is 180 cm³/mol. The molecule has 1 fully saturated rings. The number of para-hydroxylation sites is 1. The van der Waals surface area contributed by atoms with E-state index in [1.54, 1.807) is 43.9 Å². The summed E-state index contributed by atoms with van der Waals surface area (Å²) in [6, 6.07) is 12.4. The summed E-state index contributed by atoms with van der Waals surface area (Å²) in [6.07, 6.45) is 2.52. The molecule has 3 aromatic rings. The van der Waals surface area contributed by atoms with E-state index in [0.717, 1.165) is 26.8 Å². The van der Waals surface area contributed by atoms with Gasteiger partial charge in [0.25, 0.3) is 5.56 Å². The fraction of sp³-hybridized carbons (Fsp3) is 0.424. The third kappa shape index (κ3) is 7.99. The Labute approximate surface area is 282 Å². The molecule has 0 saturated carbocycles. The second-order valence-electron chi connectivity index (χ2n) is 12.7. The fourth-order valence-corrected chi connectivity index (χ4v) is 6.25. The molecular formula is C33H38Cl2N6O6. The van der Waals surface area contributed by atoms with Crippen LogP contribution in [0, 0.1) is 0 Å². The van der Waals surface area contributed by atoms with Gasteiger partial charge in [-0.05, 0) is 57.7 Å². The van der Waals surface area contributed by atoms with Crippen LogP contribution >= 0.6 is 23.2 Å². The number of hydrogen-bond acceptors (Lipinski definition) is 6. The van der Waals surface area contributed by atoms with Crippen molar-refractivity contribution in [2.75, 3.05) is 31.6 Å². The Hall–Kier alpha value is -4.29. The maximum Gasteiger partial charge on any atom is 0.407 e. The Morgan fingerprint density at radius 3 is 2.43 bits per heavy atom. The molecule has 2 aliphatic heterocycles. The van der Waals surface area contributed by atoms with E-state index >= 15 is 0 Å². The van der Waals surface area contributed by atoms with E-state index in [1.807, 2.05) is 29.2 Å². The number of urea groups is 1. The quantitative estimate of drug-likeness (QED) is 0.374. The first-order chi connectivity index (χ1) is 22.3. The zero-order valence-corrected chi connectivity index (χ0v) is 28.1. The van der Waals surface area contributed by atoms with Crippen molar-refractivity contribution in [3.8, 4) is 11.1 Å². The molecule has 0 aliphatic carbocycles. The number of rotatable bonds is 7. The Morgan fingerprint density at radius 1 is 0.979 bits per heavy atom. The number of hydrogen-bond donors (Lipinski definition) is 2. The number of carbonyl (C=O) groups excluding carboxylic acids is 3. The molecule has 5 rings (SSSR count). The summed E-state index contributed by atoms with van der Waals surface area (Å²) in [5.41, 5.74) is 0.324. The summed E-state index contributed by atoms with van der Waals surface area (Å²) in [5.74, 6) is -0.313.